The van der Waals surface area contributed by atoms with Crippen LogP contribution in [0.15, 0.2) is 59.8 Å². The topological polar surface area (TPSA) is 73.5 Å². The number of carbonyl (C=O) groups excluding carboxylic acids is 2. The van der Waals surface area contributed by atoms with Gasteiger partial charge in [-0.3, -0.25) is 4.79 Å². The van der Waals surface area contributed by atoms with E-state index in [2.05, 4.69) is 16.0 Å². The van der Waals surface area contributed by atoms with Crippen molar-refractivity contribution >= 4 is 23.3 Å². The third-order valence-electron chi connectivity index (χ3n) is 4.57. The number of aryl methyl sites for hydroxylation is 1. The monoisotopic (exact) mass is 364 g/mol. The molecule has 1 atom stereocenters. The molecular formula is C21H24N4O2. The van der Waals surface area contributed by atoms with E-state index >= 15 is 0 Å². The molecule has 1 aliphatic heterocycles. The summed E-state index contributed by atoms with van der Waals surface area (Å²) in [6, 6.07) is 14.6. The first-order valence-corrected chi connectivity index (χ1v) is 8.79. The Hall–Kier alpha value is -3.28. The van der Waals surface area contributed by atoms with Crippen molar-refractivity contribution in [3.8, 4) is 0 Å². The zero-order valence-electron chi connectivity index (χ0n) is 16.0. The molecule has 0 radical (unpaired) electrons. The fourth-order valence-electron chi connectivity index (χ4n) is 3.05. The Kier molecular flexibility index (Phi) is 5.16. The lowest BCUT2D eigenvalue weighted by molar-refractivity contribution is -0.113. The van der Waals surface area contributed by atoms with Crippen LogP contribution in [0.5, 0.6) is 0 Å². The molecule has 0 unspecified atom stereocenters. The van der Waals surface area contributed by atoms with Crippen LogP contribution in [0.3, 0.4) is 0 Å². The van der Waals surface area contributed by atoms with E-state index in [0.717, 1.165) is 16.8 Å². The Morgan fingerprint density at radius 1 is 1.00 bits per heavy atom. The highest BCUT2D eigenvalue weighted by Gasteiger charge is 2.31. The van der Waals surface area contributed by atoms with Gasteiger partial charge in [0, 0.05) is 31.2 Å². The van der Waals surface area contributed by atoms with E-state index in [1.54, 1.807) is 6.92 Å². The maximum Gasteiger partial charge on any atom is 0.319 e. The SMILES string of the molecule is CC1=C(C(=O)Nc2ccc(C)cc2)[C@H](c2ccc(N(C)C)cc2)NC(=O)N1. The predicted molar refractivity (Wildman–Crippen MR) is 108 cm³/mol. The largest absolute Gasteiger partial charge is 0.378 e. The minimum atomic E-state index is -0.514. The second kappa shape index (κ2) is 7.53. The average Bonchev–Trinajstić information content (AvgIpc) is 2.63. The summed E-state index contributed by atoms with van der Waals surface area (Å²) in [5.41, 5.74) is 4.77. The number of allylic oxidation sites excluding steroid dienone is 1. The van der Waals surface area contributed by atoms with E-state index in [-0.39, 0.29) is 11.9 Å². The molecule has 0 spiro atoms. The van der Waals surface area contributed by atoms with E-state index in [0.29, 0.717) is 17.0 Å². The molecular weight excluding hydrogens is 340 g/mol. The van der Waals surface area contributed by atoms with Crippen molar-refractivity contribution in [2.75, 3.05) is 24.3 Å². The first-order chi connectivity index (χ1) is 12.8. The summed E-state index contributed by atoms with van der Waals surface area (Å²) in [4.78, 5) is 27.0. The summed E-state index contributed by atoms with van der Waals surface area (Å²) >= 11 is 0. The number of hydrogen-bond acceptors (Lipinski definition) is 3. The molecule has 2 aromatic carbocycles. The van der Waals surface area contributed by atoms with Gasteiger partial charge < -0.3 is 20.9 Å². The number of benzene rings is 2. The van der Waals surface area contributed by atoms with Crippen LogP contribution in [0, 0.1) is 6.92 Å². The molecule has 0 saturated carbocycles. The van der Waals surface area contributed by atoms with Gasteiger partial charge in [0.25, 0.3) is 5.91 Å². The minimum Gasteiger partial charge on any atom is -0.378 e. The lowest BCUT2D eigenvalue weighted by Crippen LogP contribution is -2.45. The standard InChI is InChI=1S/C21H24N4O2/c1-13-5-9-16(10-6-13)23-20(26)18-14(2)22-21(27)24-19(18)15-7-11-17(12-8-15)25(3)4/h5-12,19H,1-4H3,(H,23,26)(H2,22,24,27)/t19-/m0/s1. The number of nitrogens with one attached hydrogen (secondary N) is 3. The van der Waals surface area contributed by atoms with E-state index in [1.165, 1.54) is 0 Å². The Morgan fingerprint density at radius 3 is 2.22 bits per heavy atom. The molecule has 1 aliphatic rings. The van der Waals surface area contributed by atoms with Gasteiger partial charge in [0.15, 0.2) is 0 Å². The second-order valence-electron chi connectivity index (χ2n) is 6.88. The van der Waals surface area contributed by atoms with Crippen molar-refractivity contribution in [3.05, 3.63) is 70.9 Å². The van der Waals surface area contributed by atoms with Gasteiger partial charge in [0.1, 0.15) is 0 Å². The van der Waals surface area contributed by atoms with Crippen LogP contribution < -0.4 is 20.9 Å². The predicted octanol–water partition coefficient (Wildman–Crippen LogP) is 3.33. The Balaban J connectivity index is 1.91. The Bertz CT molecular complexity index is 883. The highest BCUT2D eigenvalue weighted by atomic mass is 16.2. The molecule has 1 heterocycles. The molecule has 0 fully saturated rings. The van der Waals surface area contributed by atoms with Gasteiger partial charge in [-0.1, -0.05) is 29.8 Å². The van der Waals surface area contributed by atoms with Crippen molar-refractivity contribution in [1.29, 1.82) is 0 Å². The van der Waals surface area contributed by atoms with Gasteiger partial charge in [-0.2, -0.15) is 0 Å². The van der Waals surface area contributed by atoms with Crippen molar-refractivity contribution in [1.82, 2.24) is 10.6 Å². The first-order valence-electron chi connectivity index (χ1n) is 8.79. The fourth-order valence-corrected chi connectivity index (χ4v) is 3.05. The van der Waals surface area contributed by atoms with Crippen LogP contribution in [0.25, 0.3) is 0 Å². The summed E-state index contributed by atoms with van der Waals surface area (Å²) in [6.07, 6.45) is 0. The number of amides is 3. The van der Waals surface area contributed by atoms with Crippen molar-refractivity contribution in [3.63, 3.8) is 0 Å². The molecule has 6 nitrogen and oxygen atoms in total. The fraction of sp³-hybridized carbons (Fsp3) is 0.238. The molecule has 0 aliphatic carbocycles. The molecule has 6 heteroatoms. The van der Waals surface area contributed by atoms with E-state index in [9.17, 15) is 9.59 Å². The molecule has 3 rings (SSSR count). The van der Waals surface area contributed by atoms with Gasteiger partial charge in [-0.25, -0.2) is 4.79 Å². The molecule has 27 heavy (non-hydrogen) atoms. The van der Waals surface area contributed by atoms with Gasteiger partial charge in [0.05, 0.1) is 11.6 Å². The highest BCUT2D eigenvalue weighted by Crippen LogP contribution is 2.29. The number of carbonyl (C=O) groups is 2. The Labute approximate surface area is 159 Å². The van der Waals surface area contributed by atoms with Crippen molar-refractivity contribution < 1.29 is 9.59 Å². The quantitative estimate of drug-likeness (QED) is 0.779. The zero-order chi connectivity index (χ0) is 19.6. The minimum absolute atomic E-state index is 0.245. The Morgan fingerprint density at radius 2 is 1.63 bits per heavy atom. The summed E-state index contributed by atoms with van der Waals surface area (Å²) in [5.74, 6) is -0.245. The van der Waals surface area contributed by atoms with Crippen LogP contribution in [0.1, 0.15) is 24.1 Å². The number of anilines is 2. The van der Waals surface area contributed by atoms with Gasteiger partial charge in [-0.05, 0) is 43.7 Å². The molecule has 0 aromatic heterocycles. The first kappa shape index (κ1) is 18.5. The average molecular weight is 364 g/mol. The normalized spacial score (nSPS) is 16.4. The summed E-state index contributed by atoms with van der Waals surface area (Å²) in [7, 11) is 3.93. The maximum absolute atomic E-state index is 13.0. The van der Waals surface area contributed by atoms with Crippen molar-refractivity contribution in [2.24, 2.45) is 0 Å². The van der Waals surface area contributed by atoms with Crippen LogP contribution in [-0.4, -0.2) is 26.0 Å². The van der Waals surface area contributed by atoms with E-state index in [1.807, 2.05) is 74.4 Å². The number of hydrogen-bond donors (Lipinski definition) is 3. The van der Waals surface area contributed by atoms with Crippen LogP contribution in [0.4, 0.5) is 16.2 Å². The van der Waals surface area contributed by atoms with Crippen LogP contribution >= 0.6 is 0 Å². The summed E-state index contributed by atoms with van der Waals surface area (Å²) in [6.45, 7) is 3.73. The van der Waals surface area contributed by atoms with Crippen LogP contribution in [0.2, 0.25) is 0 Å². The highest BCUT2D eigenvalue weighted by molar-refractivity contribution is 6.06. The maximum atomic E-state index is 13.0. The zero-order valence-corrected chi connectivity index (χ0v) is 16.0. The van der Waals surface area contributed by atoms with Crippen molar-refractivity contribution in [2.45, 2.75) is 19.9 Å². The molecule has 0 saturated heterocycles. The lowest BCUT2D eigenvalue weighted by atomic mass is 9.94. The third-order valence-corrected chi connectivity index (χ3v) is 4.57. The summed E-state index contributed by atoms with van der Waals surface area (Å²) < 4.78 is 0. The number of nitrogens with zero attached hydrogens (tertiary/aromatic N) is 1. The summed E-state index contributed by atoms with van der Waals surface area (Å²) in [5, 5.41) is 8.47. The second-order valence-corrected chi connectivity index (χ2v) is 6.88. The molecule has 140 valence electrons. The number of rotatable bonds is 4. The van der Waals surface area contributed by atoms with Gasteiger partial charge in [0.2, 0.25) is 0 Å². The smallest absolute Gasteiger partial charge is 0.319 e. The van der Waals surface area contributed by atoms with Gasteiger partial charge >= 0.3 is 6.03 Å². The molecule has 0 bridgehead atoms. The third kappa shape index (κ3) is 4.11. The number of urea groups is 1. The van der Waals surface area contributed by atoms with Crippen LogP contribution in [-0.2, 0) is 4.79 Å². The van der Waals surface area contributed by atoms with E-state index in [4.69, 9.17) is 0 Å². The van der Waals surface area contributed by atoms with E-state index < -0.39 is 6.04 Å². The molecule has 2 aromatic rings. The molecule has 3 N–H and O–H groups in total. The van der Waals surface area contributed by atoms with Gasteiger partial charge in [-0.15, -0.1) is 0 Å². The lowest BCUT2D eigenvalue weighted by Gasteiger charge is -2.29. The molecule has 3 amide bonds.